The SMILES string of the molecule is CC[C@@]1(O)C(=O)OCc2c1cc1n(c2=O)Cc2c-1nc1cc(F)c(C)c3c1c2C(NC(=O)c1n[nH]nc1CCO)CC3. The highest BCUT2D eigenvalue weighted by atomic mass is 19.1. The molecule has 2 atom stereocenters. The summed E-state index contributed by atoms with van der Waals surface area (Å²) in [5.41, 5.74) is 2.33. The molecule has 0 fully saturated rings. The van der Waals surface area contributed by atoms with Crippen molar-refractivity contribution in [3.8, 4) is 11.4 Å². The van der Waals surface area contributed by atoms with Crippen molar-refractivity contribution in [1.29, 1.82) is 0 Å². The minimum absolute atomic E-state index is 0.00720. The van der Waals surface area contributed by atoms with E-state index in [9.17, 15) is 24.6 Å². The number of cyclic esters (lactones) is 1. The molecule has 216 valence electrons. The molecule has 0 bridgehead atoms. The third-order valence-corrected chi connectivity index (χ3v) is 8.87. The number of nitrogens with zero attached hydrogens (tertiary/aromatic N) is 4. The lowest BCUT2D eigenvalue weighted by atomic mass is 9.81. The standard InChI is InChI=1S/C29H27FN6O6/c1-3-29(41)16-8-21-24-14(10-36(21)27(39)15(16)11-42-28(29)40)23-18(32-26(38)25-19(6-7-37)33-35-34-25)5-4-13-12(2)17(30)9-20(31-24)22(13)23/h8-9,18,37,41H,3-7,10-11H2,1-2H3,(H,32,38)(H,33,34,35)/t18?,29-/m0/s1. The number of rotatable bonds is 5. The number of carbonyl (C=O) groups is 2. The molecule has 0 saturated carbocycles. The first-order valence-corrected chi connectivity index (χ1v) is 13.8. The minimum Gasteiger partial charge on any atom is -0.458 e. The number of halogens is 1. The fourth-order valence-electron chi connectivity index (χ4n) is 6.64. The second kappa shape index (κ2) is 9.26. The Morgan fingerprint density at radius 2 is 2.07 bits per heavy atom. The lowest BCUT2D eigenvalue weighted by Gasteiger charge is -2.31. The number of aryl methyl sites for hydroxylation is 1. The Hall–Kier alpha value is -4.49. The fraction of sp³-hybridized carbons (Fsp3) is 0.379. The van der Waals surface area contributed by atoms with Gasteiger partial charge in [-0.3, -0.25) is 9.59 Å². The van der Waals surface area contributed by atoms with Gasteiger partial charge in [-0.05, 0) is 48.9 Å². The number of amides is 1. The highest BCUT2D eigenvalue weighted by Gasteiger charge is 2.46. The average Bonchev–Trinajstić information content (AvgIpc) is 3.59. The molecule has 0 spiro atoms. The molecule has 5 heterocycles. The predicted octanol–water partition coefficient (Wildman–Crippen LogP) is 1.60. The van der Waals surface area contributed by atoms with Crippen molar-refractivity contribution in [2.75, 3.05) is 6.61 Å². The van der Waals surface area contributed by atoms with Crippen LogP contribution in [0.2, 0.25) is 0 Å². The molecule has 4 N–H and O–H groups in total. The number of ether oxygens (including phenoxy) is 1. The van der Waals surface area contributed by atoms with E-state index in [4.69, 9.17) is 9.72 Å². The summed E-state index contributed by atoms with van der Waals surface area (Å²) < 4.78 is 21.8. The van der Waals surface area contributed by atoms with Crippen LogP contribution >= 0.6 is 0 Å². The number of fused-ring (bicyclic) bond motifs is 5. The van der Waals surface area contributed by atoms with Crippen LogP contribution in [-0.4, -0.2) is 53.7 Å². The van der Waals surface area contributed by atoms with Gasteiger partial charge in [0.1, 0.15) is 12.4 Å². The van der Waals surface area contributed by atoms with Gasteiger partial charge in [-0.25, -0.2) is 14.2 Å². The molecule has 13 heteroatoms. The number of carbonyl (C=O) groups excluding carboxylic acids is 2. The summed E-state index contributed by atoms with van der Waals surface area (Å²) in [6.45, 7) is 3.02. The van der Waals surface area contributed by atoms with E-state index in [1.54, 1.807) is 19.9 Å². The highest BCUT2D eigenvalue weighted by molar-refractivity contribution is 5.96. The summed E-state index contributed by atoms with van der Waals surface area (Å²) in [5.74, 6) is -1.71. The third kappa shape index (κ3) is 3.53. The van der Waals surface area contributed by atoms with Gasteiger partial charge in [-0.1, -0.05) is 6.92 Å². The molecular formula is C29H27FN6O6. The molecule has 0 radical (unpaired) electrons. The molecule has 3 aromatic heterocycles. The molecule has 2 aliphatic heterocycles. The zero-order chi connectivity index (χ0) is 29.5. The van der Waals surface area contributed by atoms with Crippen LogP contribution < -0.4 is 10.9 Å². The number of benzene rings is 1. The van der Waals surface area contributed by atoms with E-state index < -0.39 is 34.9 Å². The van der Waals surface area contributed by atoms with E-state index in [-0.39, 0.29) is 49.4 Å². The van der Waals surface area contributed by atoms with Crippen LogP contribution in [0.3, 0.4) is 0 Å². The lowest BCUT2D eigenvalue weighted by molar-refractivity contribution is -0.172. The molecule has 1 aromatic carbocycles. The molecule has 0 saturated heterocycles. The summed E-state index contributed by atoms with van der Waals surface area (Å²) in [6, 6.07) is 2.44. The normalized spacial score (nSPS) is 20.2. The number of aliphatic hydroxyl groups excluding tert-OH is 1. The largest absolute Gasteiger partial charge is 0.458 e. The van der Waals surface area contributed by atoms with E-state index in [0.29, 0.717) is 46.6 Å². The van der Waals surface area contributed by atoms with Crippen LogP contribution in [0.4, 0.5) is 4.39 Å². The van der Waals surface area contributed by atoms with Crippen molar-refractivity contribution < 1.29 is 28.9 Å². The topological polar surface area (TPSA) is 172 Å². The van der Waals surface area contributed by atoms with Crippen LogP contribution in [0.5, 0.6) is 0 Å². The molecule has 3 aliphatic rings. The highest BCUT2D eigenvalue weighted by Crippen LogP contribution is 2.46. The van der Waals surface area contributed by atoms with Crippen LogP contribution in [0.1, 0.15) is 75.4 Å². The molecule has 4 aromatic rings. The minimum atomic E-state index is -1.98. The van der Waals surface area contributed by atoms with Crippen LogP contribution in [0.25, 0.3) is 22.3 Å². The van der Waals surface area contributed by atoms with Gasteiger partial charge in [0.2, 0.25) is 0 Å². The van der Waals surface area contributed by atoms with Crippen molar-refractivity contribution in [3.63, 3.8) is 0 Å². The molecular weight excluding hydrogens is 547 g/mol. The first-order chi connectivity index (χ1) is 20.2. The molecule has 1 amide bonds. The summed E-state index contributed by atoms with van der Waals surface area (Å²) in [4.78, 5) is 44.5. The number of pyridine rings is 2. The Bertz CT molecular complexity index is 1920. The molecule has 42 heavy (non-hydrogen) atoms. The van der Waals surface area contributed by atoms with Gasteiger partial charge in [0.05, 0.1) is 40.7 Å². The van der Waals surface area contributed by atoms with Gasteiger partial charge in [0.25, 0.3) is 11.5 Å². The van der Waals surface area contributed by atoms with E-state index in [1.807, 2.05) is 0 Å². The van der Waals surface area contributed by atoms with Crippen molar-refractivity contribution in [3.05, 3.63) is 73.1 Å². The van der Waals surface area contributed by atoms with E-state index in [2.05, 4.69) is 20.7 Å². The molecule has 7 rings (SSSR count). The summed E-state index contributed by atoms with van der Waals surface area (Å²) in [6.07, 6.45) is 1.11. The maximum atomic E-state index is 15.1. The summed E-state index contributed by atoms with van der Waals surface area (Å²) in [7, 11) is 0. The second-order valence-corrected chi connectivity index (χ2v) is 11.0. The molecule has 1 unspecified atom stereocenters. The Balaban J connectivity index is 1.44. The van der Waals surface area contributed by atoms with Crippen molar-refractivity contribution in [2.24, 2.45) is 0 Å². The van der Waals surface area contributed by atoms with Gasteiger partial charge in [-0.15, -0.1) is 0 Å². The van der Waals surface area contributed by atoms with Crippen molar-refractivity contribution in [1.82, 2.24) is 30.3 Å². The summed E-state index contributed by atoms with van der Waals surface area (Å²) >= 11 is 0. The first kappa shape index (κ1) is 26.4. The number of hydrogen-bond acceptors (Lipinski definition) is 9. The maximum Gasteiger partial charge on any atom is 0.343 e. The van der Waals surface area contributed by atoms with Gasteiger partial charge >= 0.3 is 5.97 Å². The van der Waals surface area contributed by atoms with Gasteiger partial charge in [0.15, 0.2) is 11.3 Å². The van der Waals surface area contributed by atoms with E-state index in [1.165, 1.54) is 10.6 Å². The zero-order valence-corrected chi connectivity index (χ0v) is 22.9. The number of aromatic nitrogens is 5. The zero-order valence-electron chi connectivity index (χ0n) is 22.9. The third-order valence-electron chi connectivity index (χ3n) is 8.87. The average molecular weight is 575 g/mol. The first-order valence-electron chi connectivity index (χ1n) is 13.8. The monoisotopic (exact) mass is 574 g/mol. The molecule has 12 nitrogen and oxygen atoms in total. The quantitative estimate of drug-likeness (QED) is 0.228. The Labute approximate surface area is 237 Å². The van der Waals surface area contributed by atoms with Crippen LogP contribution in [0, 0.1) is 12.7 Å². The Morgan fingerprint density at radius 1 is 1.26 bits per heavy atom. The predicted molar refractivity (Wildman–Crippen MR) is 145 cm³/mol. The number of esters is 1. The number of hydrogen-bond donors (Lipinski definition) is 4. The van der Waals surface area contributed by atoms with Gasteiger partial charge in [-0.2, -0.15) is 15.4 Å². The maximum absolute atomic E-state index is 15.1. The number of H-pyrrole nitrogens is 1. The molecule has 1 aliphatic carbocycles. The van der Waals surface area contributed by atoms with Gasteiger partial charge < -0.3 is 24.8 Å². The van der Waals surface area contributed by atoms with Crippen LogP contribution in [0.15, 0.2) is 16.9 Å². The Kier molecular flexibility index (Phi) is 5.82. The van der Waals surface area contributed by atoms with Gasteiger partial charge in [0, 0.05) is 35.6 Å². The Morgan fingerprint density at radius 3 is 2.83 bits per heavy atom. The van der Waals surface area contributed by atoms with Crippen LogP contribution in [-0.2, 0) is 41.1 Å². The number of aliphatic hydroxyl groups is 2. The summed E-state index contributed by atoms with van der Waals surface area (Å²) in [5, 5.41) is 34.7. The number of nitrogens with one attached hydrogen (secondary N) is 2. The van der Waals surface area contributed by atoms with Crippen molar-refractivity contribution >= 4 is 22.8 Å². The second-order valence-electron chi connectivity index (χ2n) is 11.0. The lowest BCUT2D eigenvalue weighted by Crippen LogP contribution is -2.44. The number of aromatic amines is 1. The van der Waals surface area contributed by atoms with Crippen molar-refractivity contribution in [2.45, 2.75) is 64.3 Å². The van der Waals surface area contributed by atoms with E-state index >= 15 is 4.39 Å². The fourth-order valence-corrected chi connectivity index (χ4v) is 6.64. The smallest absolute Gasteiger partial charge is 0.343 e. The van der Waals surface area contributed by atoms with E-state index in [0.717, 1.165) is 16.5 Å².